The molecule has 0 saturated carbocycles. The van der Waals surface area contributed by atoms with Crippen LogP contribution in [0, 0.1) is 5.82 Å². The Hall–Kier alpha value is 0.472. The maximum absolute atomic E-state index is 12.5. The molecule has 0 aromatic heterocycles. The molecule has 0 amide bonds. The smallest absolute Gasteiger partial charge is 0.511 e. The van der Waals surface area contributed by atoms with E-state index < -0.39 is 12.0 Å². The van der Waals surface area contributed by atoms with Crippen LogP contribution in [0.25, 0.3) is 0 Å². The van der Waals surface area contributed by atoms with E-state index in [0.29, 0.717) is 0 Å². The first-order valence-electron chi connectivity index (χ1n) is 2.83. The Morgan fingerprint density at radius 2 is 2.00 bits per heavy atom. The first-order valence-corrected chi connectivity index (χ1v) is 2.83. The topological polar surface area (TPSA) is 49.4 Å². The van der Waals surface area contributed by atoms with Crippen LogP contribution >= 0.6 is 0 Å². The number of carbonyl (C=O) groups excluding carboxylic acids is 1. The summed E-state index contributed by atoms with van der Waals surface area (Å²) in [5.41, 5.74) is 0. The van der Waals surface area contributed by atoms with Crippen molar-refractivity contribution in [3.8, 4) is 5.75 Å². The van der Waals surface area contributed by atoms with Gasteiger partial charge >= 0.3 is 68.9 Å². The number of carboxylic acid groups (broad SMARTS) is 1. The van der Waals surface area contributed by atoms with Gasteiger partial charge < -0.3 is 14.6 Å². The second-order valence-electron chi connectivity index (χ2n) is 1.78. The van der Waals surface area contributed by atoms with Gasteiger partial charge in [0.25, 0.3) is 6.16 Å². The largest absolute Gasteiger partial charge is 1.00 e. The predicted octanol–water partition coefficient (Wildman–Crippen LogP) is -2.45. The van der Waals surface area contributed by atoms with Crippen molar-refractivity contribution in [2.75, 3.05) is 0 Å². The average molecular weight is 288 g/mol. The summed E-state index contributed by atoms with van der Waals surface area (Å²) in [4.78, 5) is 9.82. The fraction of sp³-hybridized carbons (Fsp3) is 0. The second-order valence-corrected chi connectivity index (χ2v) is 1.78. The Bertz CT molecular complexity index is 277. The number of benzene rings is 1. The molecule has 0 spiro atoms. The first kappa shape index (κ1) is 12.5. The van der Waals surface area contributed by atoms with Crippen LogP contribution in [0.5, 0.6) is 5.75 Å². The van der Waals surface area contributed by atoms with Gasteiger partial charge in [0, 0.05) is 0 Å². The van der Waals surface area contributed by atoms with Gasteiger partial charge in [-0.2, -0.15) is 0 Å². The minimum absolute atomic E-state index is 0. The van der Waals surface area contributed by atoms with Gasteiger partial charge in [0.1, 0.15) is 5.82 Å². The van der Waals surface area contributed by atoms with Crippen molar-refractivity contribution in [1.82, 2.24) is 0 Å². The summed E-state index contributed by atoms with van der Waals surface area (Å²) >= 11 is 0. The number of rotatable bonds is 1. The van der Waals surface area contributed by atoms with E-state index >= 15 is 0 Å². The molecule has 0 aliphatic heterocycles. The van der Waals surface area contributed by atoms with E-state index in [2.05, 4.69) is 4.74 Å². The molecule has 3 nitrogen and oxygen atoms in total. The summed E-state index contributed by atoms with van der Waals surface area (Å²) in [7, 11) is 0. The molecule has 0 fully saturated rings. The van der Waals surface area contributed by atoms with E-state index in [1.807, 2.05) is 0 Å². The molecular formula is C7H4CsFO3. The van der Waals surface area contributed by atoms with E-state index in [4.69, 9.17) is 0 Å². The summed E-state index contributed by atoms with van der Waals surface area (Å²) in [6.07, 6.45) is -1.77. The number of carbonyl (C=O) groups is 1. The van der Waals surface area contributed by atoms with Gasteiger partial charge in [0.05, 0.1) is 5.75 Å². The van der Waals surface area contributed by atoms with Crippen LogP contribution in [-0.4, -0.2) is 6.16 Å². The molecule has 1 aromatic rings. The zero-order chi connectivity index (χ0) is 8.27. The molecule has 0 saturated heterocycles. The van der Waals surface area contributed by atoms with Crippen LogP contribution < -0.4 is 78.7 Å². The van der Waals surface area contributed by atoms with Gasteiger partial charge in [-0.3, -0.25) is 0 Å². The molecular weight excluding hydrogens is 284 g/mol. The van der Waals surface area contributed by atoms with Crippen molar-refractivity contribution in [2.24, 2.45) is 0 Å². The fourth-order valence-corrected chi connectivity index (χ4v) is 0.617. The first-order chi connectivity index (χ1) is 5.20. The number of hydrogen-bond acceptors (Lipinski definition) is 3. The molecule has 0 N–H and O–H groups in total. The van der Waals surface area contributed by atoms with Gasteiger partial charge in [-0.15, -0.1) is 0 Å². The molecule has 1 rings (SSSR count). The molecule has 0 bridgehead atoms. The van der Waals surface area contributed by atoms with Gasteiger partial charge in [-0.25, -0.2) is 4.39 Å². The zero-order valence-electron chi connectivity index (χ0n) is 6.41. The van der Waals surface area contributed by atoms with Crippen molar-refractivity contribution in [2.45, 2.75) is 0 Å². The molecule has 58 valence electrons. The van der Waals surface area contributed by atoms with Crippen molar-refractivity contribution in [3.63, 3.8) is 0 Å². The van der Waals surface area contributed by atoms with Gasteiger partial charge in [-0.05, 0) is 12.1 Å². The van der Waals surface area contributed by atoms with Crippen molar-refractivity contribution in [3.05, 3.63) is 30.1 Å². The zero-order valence-corrected chi connectivity index (χ0v) is 12.7. The number of halogens is 1. The van der Waals surface area contributed by atoms with Crippen molar-refractivity contribution >= 4 is 6.16 Å². The molecule has 1 aromatic carbocycles. The standard InChI is InChI=1S/C7H5FO3.Cs/c8-5-3-1-2-4-6(5)11-7(9)10;/h1-4H,(H,9,10);/q;+1/p-1. The van der Waals surface area contributed by atoms with Crippen LogP contribution in [0.15, 0.2) is 24.3 Å². The Kier molecular flexibility index (Phi) is 6.24. The quantitative estimate of drug-likeness (QED) is 0.426. The molecule has 0 atom stereocenters. The van der Waals surface area contributed by atoms with E-state index in [0.717, 1.165) is 6.07 Å². The van der Waals surface area contributed by atoms with Crippen molar-refractivity contribution in [1.29, 1.82) is 0 Å². The Balaban J connectivity index is 0.00000121. The van der Waals surface area contributed by atoms with E-state index in [-0.39, 0.29) is 74.6 Å². The minimum atomic E-state index is -1.77. The SMILES string of the molecule is O=C([O-])Oc1ccccc1F.[Cs+]. The van der Waals surface area contributed by atoms with Crippen LogP contribution in [0.2, 0.25) is 0 Å². The molecule has 0 unspecified atom stereocenters. The van der Waals surface area contributed by atoms with Gasteiger partial charge in [0.15, 0.2) is 0 Å². The average Bonchev–Trinajstić information content (AvgIpc) is 1.93. The van der Waals surface area contributed by atoms with E-state index in [1.54, 1.807) is 0 Å². The molecule has 0 aliphatic carbocycles. The number of hydrogen-bond donors (Lipinski definition) is 0. The summed E-state index contributed by atoms with van der Waals surface area (Å²) in [5, 5.41) is 9.82. The van der Waals surface area contributed by atoms with Crippen LogP contribution in [0.4, 0.5) is 9.18 Å². The normalized spacial score (nSPS) is 8.42. The van der Waals surface area contributed by atoms with Crippen molar-refractivity contribution < 1.29 is 87.9 Å². The van der Waals surface area contributed by atoms with Crippen LogP contribution in [-0.2, 0) is 0 Å². The van der Waals surface area contributed by atoms with Crippen LogP contribution in [0.3, 0.4) is 0 Å². The van der Waals surface area contributed by atoms with E-state index in [1.165, 1.54) is 18.2 Å². The fourth-order valence-electron chi connectivity index (χ4n) is 0.617. The van der Waals surface area contributed by atoms with Crippen LogP contribution in [0.1, 0.15) is 0 Å². The molecule has 0 heterocycles. The number of ether oxygens (including phenoxy) is 1. The summed E-state index contributed by atoms with van der Waals surface area (Å²) < 4.78 is 16.5. The Morgan fingerprint density at radius 3 is 2.50 bits per heavy atom. The minimum Gasteiger partial charge on any atom is -0.511 e. The Morgan fingerprint density at radius 1 is 1.42 bits per heavy atom. The van der Waals surface area contributed by atoms with Gasteiger partial charge in [-0.1, -0.05) is 12.1 Å². The summed E-state index contributed by atoms with van der Waals surface area (Å²) in [6, 6.07) is 5.18. The third-order valence-electron chi connectivity index (χ3n) is 1.03. The molecule has 0 radical (unpaired) electrons. The Labute approximate surface area is 127 Å². The third kappa shape index (κ3) is 3.92. The second kappa shape index (κ2) is 6.01. The van der Waals surface area contributed by atoms with E-state index in [9.17, 15) is 14.3 Å². The summed E-state index contributed by atoms with van der Waals surface area (Å²) in [5.74, 6) is -1.07. The molecule has 5 heteroatoms. The maximum atomic E-state index is 12.5. The van der Waals surface area contributed by atoms with Gasteiger partial charge in [0.2, 0.25) is 0 Å². The molecule has 0 aliphatic rings. The predicted molar refractivity (Wildman–Crippen MR) is 32.4 cm³/mol. The monoisotopic (exact) mass is 288 g/mol. The third-order valence-corrected chi connectivity index (χ3v) is 1.03. The number of para-hydroxylation sites is 1. The maximum Gasteiger partial charge on any atom is 1.00 e. The molecule has 12 heavy (non-hydrogen) atoms. The summed E-state index contributed by atoms with van der Waals surface area (Å²) in [6.45, 7) is 0.